The van der Waals surface area contributed by atoms with E-state index >= 15 is 0 Å². The van der Waals surface area contributed by atoms with Gasteiger partial charge in [-0.3, -0.25) is 0 Å². The van der Waals surface area contributed by atoms with Gasteiger partial charge in [0.25, 0.3) is 0 Å². The third kappa shape index (κ3) is 4.63. The molecule has 0 amide bonds. The van der Waals surface area contributed by atoms with Crippen LogP contribution in [0.3, 0.4) is 0 Å². The average molecular weight is 394 g/mol. The van der Waals surface area contributed by atoms with E-state index in [0.29, 0.717) is 35.5 Å². The van der Waals surface area contributed by atoms with Crippen LogP contribution in [-0.2, 0) is 11.4 Å². The van der Waals surface area contributed by atoms with Crippen LogP contribution in [0.25, 0.3) is 0 Å². The van der Waals surface area contributed by atoms with Crippen LogP contribution in [-0.4, -0.2) is 24.4 Å². The predicted octanol–water partition coefficient (Wildman–Crippen LogP) is 1.75. The van der Waals surface area contributed by atoms with Crippen LogP contribution in [0.15, 0.2) is 42.5 Å². The van der Waals surface area contributed by atoms with Crippen LogP contribution in [0.4, 0.5) is 0 Å². The lowest BCUT2D eigenvalue weighted by Gasteiger charge is -2.15. The molecule has 0 unspecified atom stereocenters. The Bertz CT molecular complexity index is 769. The SMILES string of the molecule is CCOc1cc([C@@H]2[NH2+][C@@H](C(=O)[O-])CS2)ccc1OCc1ccc(Cl)cc1. The van der Waals surface area contributed by atoms with Gasteiger partial charge in [0.1, 0.15) is 18.6 Å². The van der Waals surface area contributed by atoms with Crippen LogP contribution in [0.1, 0.15) is 23.4 Å². The number of carboxylic acid groups (broad SMARTS) is 1. The van der Waals surface area contributed by atoms with Crippen LogP contribution in [0.2, 0.25) is 5.02 Å². The molecule has 0 saturated carbocycles. The van der Waals surface area contributed by atoms with E-state index in [1.165, 1.54) is 0 Å². The average Bonchev–Trinajstić information content (AvgIpc) is 3.13. The number of nitrogens with two attached hydrogens (primary N) is 1. The number of quaternary nitrogens is 1. The second-order valence-corrected chi connectivity index (χ2v) is 7.54. The Balaban J connectivity index is 1.72. The van der Waals surface area contributed by atoms with E-state index in [4.69, 9.17) is 21.1 Å². The molecule has 3 rings (SSSR count). The molecule has 26 heavy (non-hydrogen) atoms. The molecular formula is C19H20ClNO4S. The smallest absolute Gasteiger partial charge is 0.161 e. The van der Waals surface area contributed by atoms with Crippen molar-refractivity contribution in [3.8, 4) is 11.5 Å². The molecule has 138 valence electrons. The van der Waals surface area contributed by atoms with Crippen molar-refractivity contribution in [3.05, 3.63) is 58.6 Å². The molecule has 1 saturated heterocycles. The molecule has 2 N–H and O–H groups in total. The highest BCUT2D eigenvalue weighted by Crippen LogP contribution is 2.35. The summed E-state index contributed by atoms with van der Waals surface area (Å²) in [4.78, 5) is 11.0. The summed E-state index contributed by atoms with van der Waals surface area (Å²) >= 11 is 7.49. The van der Waals surface area contributed by atoms with Crippen molar-refractivity contribution in [2.24, 2.45) is 0 Å². The molecule has 0 aromatic heterocycles. The first-order chi connectivity index (χ1) is 12.6. The van der Waals surface area contributed by atoms with Gasteiger partial charge in [0.05, 0.1) is 12.4 Å². The molecule has 0 spiro atoms. The second-order valence-electron chi connectivity index (χ2n) is 5.93. The van der Waals surface area contributed by atoms with Gasteiger partial charge in [0, 0.05) is 10.6 Å². The highest BCUT2D eigenvalue weighted by Gasteiger charge is 2.31. The van der Waals surface area contributed by atoms with Gasteiger partial charge in [-0.2, -0.15) is 0 Å². The number of carboxylic acids is 1. The van der Waals surface area contributed by atoms with Gasteiger partial charge < -0.3 is 24.7 Å². The van der Waals surface area contributed by atoms with Crippen molar-refractivity contribution < 1.29 is 24.7 Å². The maximum atomic E-state index is 11.0. The number of hydrogen-bond donors (Lipinski definition) is 1. The van der Waals surface area contributed by atoms with Gasteiger partial charge in [-0.05, 0) is 42.8 Å². The topological polar surface area (TPSA) is 75.2 Å². The molecule has 0 aliphatic carbocycles. The summed E-state index contributed by atoms with van der Waals surface area (Å²) in [5.41, 5.74) is 2.01. The summed E-state index contributed by atoms with van der Waals surface area (Å²) in [6.45, 7) is 2.84. The molecule has 5 nitrogen and oxygen atoms in total. The lowest BCUT2D eigenvalue weighted by Crippen LogP contribution is -2.90. The summed E-state index contributed by atoms with van der Waals surface area (Å²) in [5.74, 6) is 0.828. The quantitative estimate of drug-likeness (QED) is 0.775. The molecule has 1 aliphatic heterocycles. The summed E-state index contributed by atoms with van der Waals surface area (Å²) in [7, 11) is 0. The van der Waals surface area contributed by atoms with Crippen LogP contribution < -0.4 is 19.9 Å². The van der Waals surface area contributed by atoms with Crippen molar-refractivity contribution in [1.82, 2.24) is 0 Å². The van der Waals surface area contributed by atoms with E-state index in [1.54, 1.807) is 11.8 Å². The Hall–Kier alpha value is -1.89. The van der Waals surface area contributed by atoms with Crippen LogP contribution in [0.5, 0.6) is 11.5 Å². The fourth-order valence-corrected chi connectivity index (χ4v) is 4.14. The van der Waals surface area contributed by atoms with Gasteiger partial charge in [-0.15, -0.1) is 0 Å². The van der Waals surface area contributed by atoms with Crippen LogP contribution in [0, 0.1) is 0 Å². The summed E-state index contributed by atoms with van der Waals surface area (Å²) in [5, 5.41) is 13.6. The van der Waals surface area contributed by atoms with Gasteiger partial charge in [0.15, 0.2) is 16.9 Å². The Morgan fingerprint density at radius 3 is 2.65 bits per heavy atom. The third-order valence-electron chi connectivity index (χ3n) is 4.07. The number of carbonyl (C=O) groups is 1. The predicted molar refractivity (Wildman–Crippen MR) is 99.3 cm³/mol. The van der Waals surface area contributed by atoms with Gasteiger partial charge in [0.2, 0.25) is 0 Å². The number of thioether (sulfide) groups is 1. The number of hydrogen-bond acceptors (Lipinski definition) is 5. The summed E-state index contributed by atoms with van der Waals surface area (Å²) < 4.78 is 11.6. The fourth-order valence-electron chi connectivity index (χ4n) is 2.71. The Labute approximate surface area is 161 Å². The minimum atomic E-state index is -1.02. The van der Waals surface area contributed by atoms with Gasteiger partial charge in [-0.25, -0.2) is 0 Å². The zero-order chi connectivity index (χ0) is 18.5. The van der Waals surface area contributed by atoms with E-state index < -0.39 is 12.0 Å². The highest BCUT2D eigenvalue weighted by molar-refractivity contribution is 7.99. The molecule has 1 heterocycles. The number of ether oxygens (including phenoxy) is 2. The Morgan fingerprint density at radius 2 is 2.00 bits per heavy atom. The van der Waals surface area contributed by atoms with E-state index in [1.807, 2.05) is 54.7 Å². The molecule has 1 aliphatic rings. The second kappa shape index (κ2) is 8.66. The number of rotatable bonds is 7. The summed E-state index contributed by atoms with van der Waals surface area (Å²) in [6.07, 6.45) is 0. The minimum absolute atomic E-state index is 0.0161. The van der Waals surface area contributed by atoms with E-state index in [0.717, 1.165) is 11.1 Å². The third-order valence-corrected chi connectivity index (χ3v) is 5.66. The molecule has 0 radical (unpaired) electrons. The first-order valence-corrected chi connectivity index (χ1v) is 9.81. The molecule has 0 bridgehead atoms. The first kappa shape index (κ1) is 18.9. The van der Waals surface area contributed by atoms with E-state index in [2.05, 4.69) is 0 Å². The monoisotopic (exact) mass is 393 g/mol. The minimum Gasteiger partial charge on any atom is -0.544 e. The number of carbonyl (C=O) groups excluding carboxylic acids is 1. The fraction of sp³-hybridized carbons (Fsp3) is 0.316. The number of halogens is 1. The molecule has 2 atom stereocenters. The van der Waals surface area contributed by atoms with Gasteiger partial charge >= 0.3 is 0 Å². The van der Waals surface area contributed by atoms with Crippen LogP contribution >= 0.6 is 23.4 Å². The van der Waals surface area contributed by atoms with Crippen molar-refractivity contribution in [2.45, 2.75) is 24.9 Å². The standard InChI is InChI=1S/C19H20ClNO4S/c1-2-24-17-9-13(18-21-15(11-26-18)19(22)23)5-8-16(17)25-10-12-3-6-14(20)7-4-12/h3-9,15,18,21H,2,10-11H2,1H3,(H,22,23)/t15-,18-/m1/s1. The lowest BCUT2D eigenvalue weighted by atomic mass is 10.2. The maximum absolute atomic E-state index is 11.0. The van der Waals surface area contributed by atoms with Crippen molar-refractivity contribution in [3.63, 3.8) is 0 Å². The Kier molecular flexibility index (Phi) is 6.29. The number of aliphatic carboxylic acids is 1. The zero-order valence-electron chi connectivity index (χ0n) is 14.3. The maximum Gasteiger partial charge on any atom is 0.161 e. The Morgan fingerprint density at radius 1 is 1.23 bits per heavy atom. The largest absolute Gasteiger partial charge is 0.544 e. The number of benzene rings is 2. The molecule has 2 aromatic rings. The summed E-state index contributed by atoms with van der Waals surface area (Å²) in [6, 6.07) is 12.7. The van der Waals surface area contributed by atoms with E-state index in [-0.39, 0.29) is 5.37 Å². The zero-order valence-corrected chi connectivity index (χ0v) is 15.9. The van der Waals surface area contributed by atoms with E-state index in [9.17, 15) is 9.90 Å². The highest BCUT2D eigenvalue weighted by atomic mass is 35.5. The molecular weight excluding hydrogens is 374 g/mol. The molecule has 7 heteroatoms. The van der Waals surface area contributed by atoms with Crippen molar-refractivity contribution in [2.75, 3.05) is 12.4 Å². The first-order valence-electron chi connectivity index (χ1n) is 8.38. The van der Waals surface area contributed by atoms with Gasteiger partial charge in [-0.1, -0.05) is 35.5 Å². The molecule has 2 aromatic carbocycles. The normalized spacial score (nSPS) is 19.3. The lowest BCUT2D eigenvalue weighted by molar-refractivity contribution is -0.690. The van der Waals surface area contributed by atoms with Crippen molar-refractivity contribution in [1.29, 1.82) is 0 Å². The molecule has 1 fully saturated rings. The van der Waals surface area contributed by atoms with Crippen molar-refractivity contribution >= 4 is 29.3 Å².